The molecule has 0 saturated heterocycles. The third-order valence-corrected chi connectivity index (χ3v) is 9.75. The molecule has 6 aromatic carbocycles. The quantitative estimate of drug-likeness (QED) is 0.169. The van der Waals surface area contributed by atoms with E-state index in [1.165, 1.54) is 0 Å². The molecule has 0 aliphatic carbocycles. The van der Waals surface area contributed by atoms with Gasteiger partial charge < -0.3 is 5.11 Å². The van der Waals surface area contributed by atoms with Crippen LogP contribution >= 0.6 is 0 Å². The van der Waals surface area contributed by atoms with Crippen LogP contribution in [-0.2, 0) is 31.9 Å². The summed E-state index contributed by atoms with van der Waals surface area (Å²) in [5, 5.41) is 11.4. The summed E-state index contributed by atoms with van der Waals surface area (Å²) in [6.07, 6.45) is -0.555. The Hall–Kier alpha value is -5.57. The second-order valence-electron chi connectivity index (χ2n) is 15.7. The second-order valence-corrected chi connectivity index (χ2v) is 15.7. The van der Waals surface area contributed by atoms with Crippen LogP contribution < -0.4 is 0 Å². The fourth-order valence-corrected chi connectivity index (χ4v) is 6.74. The van der Waals surface area contributed by atoms with Crippen LogP contribution in [0.5, 0.6) is 5.75 Å². The SMILES string of the molecule is [2H]c1nc(-c2[c-]c(-c3cccc4c3nc(-c3ccccc3O)n4-c3ccc(C([2H])([2H])[2H])cc3-c3ccc(C(C)(C)C)cc3)cc(C(C)(C)C)c2)c([2H])c(-c2c([2H])c([2H])c([2H])c([2H])c2[2H])c1[2H].[Pt]. The zero-order valence-corrected chi connectivity index (χ0v) is 34.1. The van der Waals surface area contributed by atoms with E-state index in [2.05, 4.69) is 31.8 Å². The van der Waals surface area contributed by atoms with E-state index in [0.29, 0.717) is 44.8 Å². The molecule has 0 fully saturated rings. The fourth-order valence-electron chi connectivity index (χ4n) is 6.74. The molecule has 0 radical (unpaired) electrons. The molecule has 0 saturated carbocycles. The molecule has 0 aliphatic rings. The van der Waals surface area contributed by atoms with Crippen molar-refractivity contribution in [1.82, 2.24) is 14.5 Å². The molecule has 0 atom stereocenters. The van der Waals surface area contributed by atoms with Crippen LogP contribution in [0.25, 0.3) is 72.7 Å². The van der Waals surface area contributed by atoms with E-state index in [4.69, 9.17) is 18.7 Å². The summed E-state index contributed by atoms with van der Waals surface area (Å²) in [4.78, 5) is 9.63. The van der Waals surface area contributed by atoms with Crippen molar-refractivity contribution in [2.45, 2.75) is 59.2 Å². The molecule has 1 N–H and O–H groups in total. The van der Waals surface area contributed by atoms with Gasteiger partial charge in [-0.05, 0) is 76.3 Å². The summed E-state index contributed by atoms with van der Waals surface area (Å²) >= 11 is 0. The molecule has 5 heteroatoms. The van der Waals surface area contributed by atoms with E-state index in [1.807, 2.05) is 73.9 Å². The molecule has 56 heavy (non-hydrogen) atoms. The van der Waals surface area contributed by atoms with Crippen molar-refractivity contribution in [3.63, 3.8) is 0 Å². The molecule has 8 aromatic rings. The fraction of sp³-hybridized carbons (Fsp3) is 0.176. The van der Waals surface area contributed by atoms with E-state index in [-0.39, 0.29) is 60.2 Å². The number of benzene rings is 6. The van der Waals surface area contributed by atoms with Crippen molar-refractivity contribution in [3.05, 3.63) is 168 Å². The zero-order chi connectivity index (χ0) is 47.9. The molecule has 8 rings (SSSR count). The Labute approximate surface area is 360 Å². The third kappa shape index (κ3) is 7.51. The number of pyridine rings is 1. The van der Waals surface area contributed by atoms with E-state index < -0.39 is 60.7 Å². The molecular weight excluding hydrogens is 866 g/mol. The maximum absolute atomic E-state index is 11.4. The topological polar surface area (TPSA) is 50.9 Å². The molecular formula is C51H46N3OPt-. The number of para-hydroxylation sites is 2. The maximum Gasteiger partial charge on any atom is 0.148 e. The summed E-state index contributed by atoms with van der Waals surface area (Å²) in [6.45, 7) is 10.00. The zero-order valence-electron chi connectivity index (χ0n) is 42.8. The van der Waals surface area contributed by atoms with Crippen LogP contribution in [0.4, 0.5) is 0 Å². The Morgan fingerprint density at radius 2 is 1.39 bits per heavy atom. The van der Waals surface area contributed by atoms with Gasteiger partial charge in [0.05, 0.1) is 33.3 Å². The van der Waals surface area contributed by atoms with Crippen LogP contribution in [-0.4, -0.2) is 19.6 Å². The van der Waals surface area contributed by atoms with Gasteiger partial charge in [0.15, 0.2) is 0 Å². The van der Waals surface area contributed by atoms with Gasteiger partial charge >= 0.3 is 0 Å². The summed E-state index contributed by atoms with van der Waals surface area (Å²) in [7, 11) is 0. The summed E-state index contributed by atoms with van der Waals surface area (Å²) in [5.41, 5.74) is 5.60. The van der Waals surface area contributed by atoms with Gasteiger partial charge in [-0.3, -0.25) is 9.55 Å². The van der Waals surface area contributed by atoms with Crippen LogP contribution in [0.2, 0.25) is 0 Å². The minimum atomic E-state index is -2.40. The number of hydrogen-bond acceptors (Lipinski definition) is 3. The molecule has 0 unspecified atom stereocenters. The van der Waals surface area contributed by atoms with Crippen molar-refractivity contribution in [2.75, 3.05) is 0 Å². The Balaban J connectivity index is 0.00000666. The van der Waals surface area contributed by atoms with E-state index in [9.17, 15) is 6.48 Å². The Morgan fingerprint density at radius 3 is 2.11 bits per heavy atom. The van der Waals surface area contributed by atoms with Gasteiger partial charge in [0.25, 0.3) is 0 Å². The number of imidazole rings is 1. The van der Waals surface area contributed by atoms with Gasteiger partial charge in [-0.15, -0.1) is 29.3 Å². The van der Waals surface area contributed by atoms with E-state index >= 15 is 0 Å². The van der Waals surface area contributed by atoms with Crippen molar-refractivity contribution in [3.8, 4) is 67.5 Å². The minimum Gasteiger partial charge on any atom is -0.507 e. The molecule has 4 nitrogen and oxygen atoms in total. The molecule has 0 amide bonds. The average Bonchev–Trinajstić information content (AvgIpc) is 3.65. The van der Waals surface area contributed by atoms with Gasteiger partial charge in [-0.2, -0.15) is 0 Å². The van der Waals surface area contributed by atoms with E-state index in [1.54, 1.807) is 48.5 Å². The van der Waals surface area contributed by atoms with Crippen LogP contribution in [0.3, 0.4) is 0 Å². The largest absolute Gasteiger partial charge is 0.507 e. The van der Waals surface area contributed by atoms with Crippen LogP contribution in [0.1, 0.15) is 73.3 Å². The second kappa shape index (κ2) is 15.2. The summed E-state index contributed by atoms with van der Waals surface area (Å²) in [5.74, 6) is 0.350. The number of nitrogens with zero attached hydrogens (tertiary/aromatic N) is 3. The molecule has 2 heterocycles. The minimum absolute atomic E-state index is 0. The van der Waals surface area contributed by atoms with Crippen molar-refractivity contribution >= 4 is 11.0 Å². The summed E-state index contributed by atoms with van der Waals surface area (Å²) < 4.78 is 95.9. The third-order valence-electron chi connectivity index (χ3n) is 9.75. The maximum atomic E-state index is 11.4. The Kier molecular flexibility index (Phi) is 7.34. The number of phenols is 1. The molecule has 0 aliphatic heterocycles. The monoisotopic (exact) mass is 922 g/mol. The van der Waals surface area contributed by atoms with Crippen molar-refractivity contribution < 1.29 is 41.3 Å². The Bertz CT molecular complexity index is 3230. The standard InChI is InChI=1S/C51H46N3O.Pt/c1-33-20-25-45(43(28-33)35-21-23-39(24-22-35)50(2,3)4)54-46-18-13-17-41(48(46)53-49(54)42-16-11-12-19-47(42)55)37-29-38(31-40(30-37)51(5,6)7)44-32-36(26-27-52-44)34-14-9-8-10-15-34;/h8-28,30-32,55H,1-7H3;/q-1;/i1D3,8D,9D,10D,14D,15D,26D,27D,32D;. The predicted octanol–water partition coefficient (Wildman–Crippen LogP) is 13.2. The van der Waals surface area contributed by atoms with E-state index in [0.717, 1.165) is 16.7 Å². The smallest absolute Gasteiger partial charge is 0.148 e. The van der Waals surface area contributed by atoms with Crippen molar-refractivity contribution in [2.24, 2.45) is 0 Å². The first-order valence-electron chi connectivity index (χ1n) is 23.6. The molecule has 2 aromatic heterocycles. The average molecular weight is 923 g/mol. The number of aromatic nitrogens is 3. The van der Waals surface area contributed by atoms with Gasteiger partial charge in [0.1, 0.15) is 11.6 Å². The number of fused-ring (bicyclic) bond motifs is 1. The Morgan fingerprint density at radius 1 is 0.679 bits per heavy atom. The molecule has 282 valence electrons. The number of aryl methyl sites for hydroxylation is 1. The first-order chi connectivity index (χ1) is 30.9. The number of rotatable bonds is 6. The molecule has 0 spiro atoms. The van der Waals surface area contributed by atoms with Crippen LogP contribution in [0.15, 0.2) is 146 Å². The summed E-state index contributed by atoms with van der Waals surface area (Å²) in [6, 6.07) is 28.6. The number of hydrogen-bond donors (Lipinski definition) is 1. The van der Waals surface area contributed by atoms with Crippen molar-refractivity contribution in [1.29, 1.82) is 0 Å². The number of phenolic OH excluding ortho intramolecular Hbond substituents is 1. The normalized spacial score (nSPS) is 14.8. The number of aromatic hydroxyl groups is 1. The van der Waals surface area contributed by atoms with Gasteiger partial charge in [-0.1, -0.05) is 149 Å². The first kappa shape index (κ1) is 27.1. The van der Waals surface area contributed by atoms with Gasteiger partial charge in [0, 0.05) is 42.6 Å². The van der Waals surface area contributed by atoms with Gasteiger partial charge in [0.2, 0.25) is 0 Å². The van der Waals surface area contributed by atoms with Gasteiger partial charge in [-0.25, -0.2) is 4.98 Å². The van der Waals surface area contributed by atoms with Crippen LogP contribution in [0, 0.1) is 12.9 Å². The molecule has 0 bridgehead atoms. The first-order valence-corrected chi connectivity index (χ1v) is 18.1. The predicted molar refractivity (Wildman–Crippen MR) is 229 cm³/mol.